The molecule has 2 N–H and O–H groups in total. The number of carbonyl (C=O) groups is 1. The van der Waals surface area contributed by atoms with Crippen LogP contribution in [-0.2, 0) is 22.2 Å². The van der Waals surface area contributed by atoms with Crippen molar-refractivity contribution in [3.63, 3.8) is 0 Å². The predicted octanol–water partition coefficient (Wildman–Crippen LogP) is 3.46. The van der Waals surface area contributed by atoms with Gasteiger partial charge < -0.3 is 5.11 Å². The van der Waals surface area contributed by atoms with Crippen molar-refractivity contribution in [2.24, 2.45) is 0 Å². The highest BCUT2D eigenvalue weighted by atomic mass is 79.9. The molecule has 2 aromatic rings. The van der Waals surface area contributed by atoms with Crippen molar-refractivity contribution < 1.29 is 14.1 Å². The zero-order valence-electron chi connectivity index (χ0n) is 12.8. The summed E-state index contributed by atoms with van der Waals surface area (Å²) in [5.41, 5.74) is 4.25. The van der Waals surface area contributed by atoms with Crippen molar-refractivity contribution in [2.75, 3.05) is 0 Å². The summed E-state index contributed by atoms with van der Waals surface area (Å²) in [6.45, 7) is 0. The summed E-state index contributed by atoms with van der Waals surface area (Å²) in [5, 5.41) is 9.96. The van der Waals surface area contributed by atoms with Crippen LogP contribution in [0.1, 0.15) is 46.3 Å². The fourth-order valence-corrected chi connectivity index (χ4v) is 5.46. The van der Waals surface area contributed by atoms with Gasteiger partial charge in [-0.25, -0.2) is 4.21 Å². The van der Waals surface area contributed by atoms with Gasteiger partial charge in [-0.3, -0.25) is 9.52 Å². The minimum absolute atomic E-state index is 0.116. The Morgan fingerprint density at radius 1 is 1.21 bits per heavy atom. The van der Waals surface area contributed by atoms with Gasteiger partial charge in [-0.05, 0) is 41.7 Å². The number of phenolic OH excluding ortho intramolecular Hbond substituents is 1. The summed E-state index contributed by atoms with van der Waals surface area (Å²) in [5.74, 6) is 0.133. The molecular formula is C18H16BrNO3S. The van der Waals surface area contributed by atoms with Crippen LogP contribution in [0.15, 0.2) is 40.9 Å². The molecule has 2 aromatic carbocycles. The molecular weight excluding hydrogens is 390 g/mol. The predicted molar refractivity (Wildman–Crippen MR) is 96.1 cm³/mol. The van der Waals surface area contributed by atoms with E-state index in [1.54, 1.807) is 6.07 Å². The number of carbonyl (C=O) groups excluding carboxylic acids is 1. The molecule has 2 unspecified atom stereocenters. The Balaban J connectivity index is 1.68. The number of amides is 1. The van der Waals surface area contributed by atoms with Crippen LogP contribution < -0.4 is 4.72 Å². The van der Waals surface area contributed by atoms with Crippen LogP contribution in [0.25, 0.3) is 0 Å². The SMILES string of the molecule is O=C1CC(c2ccc([C@H]3CCc4c(Br)cccc43)cc2O)S(=O)N1. The van der Waals surface area contributed by atoms with E-state index in [1.807, 2.05) is 18.2 Å². The number of phenols is 1. The molecule has 124 valence electrons. The number of hydrogen-bond donors (Lipinski definition) is 2. The summed E-state index contributed by atoms with van der Waals surface area (Å²) >= 11 is 3.61. The molecule has 24 heavy (non-hydrogen) atoms. The van der Waals surface area contributed by atoms with Crippen LogP contribution >= 0.6 is 15.9 Å². The lowest BCUT2D eigenvalue weighted by Gasteiger charge is -2.16. The van der Waals surface area contributed by atoms with Crippen molar-refractivity contribution in [2.45, 2.75) is 30.4 Å². The molecule has 2 aliphatic rings. The molecule has 0 saturated carbocycles. The average Bonchev–Trinajstić information content (AvgIpc) is 3.11. The number of aromatic hydroxyl groups is 1. The van der Waals surface area contributed by atoms with Crippen LogP contribution in [0.3, 0.4) is 0 Å². The van der Waals surface area contributed by atoms with Gasteiger partial charge in [0.2, 0.25) is 5.91 Å². The van der Waals surface area contributed by atoms with E-state index in [0.717, 1.165) is 22.9 Å². The molecule has 1 aliphatic carbocycles. The first-order valence-corrected chi connectivity index (χ1v) is 9.85. The summed E-state index contributed by atoms with van der Waals surface area (Å²) in [4.78, 5) is 11.4. The molecule has 4 nitrogen and oxygen atoms in total. The van der Waals surface area contributed by atoms with Crippen molar-refractivity contribution >= 4 is 32.8 Å². The number of benzene rings is 2. The lowest BCUT2D eigenvalue weighted by atomic mass is 9.91. The first-order valence-electron chi connectivity index (χ1n) is 7.84. The van der Waals surface area contributed by atoms with E-state index in [1.165, 1.54) is 11.1 Å². The second kappa shape index (κ2) is 6.01. The number of fused-ring (bicyclic) bond motifs is 1. The molecule has 1 saturated heterocycles. The monoisotopic (exact) mass is 405 g/mol. The Morgan fingerprint density at radius 3 is 2.75 bits per heavy atom. The Kier molecular flexibility index (Phi) is 3.96. The zero-order valence-corrected chi connectivity index (χ0v) is 15.2. The number of rotatable bonds is 2. The highest BCUT2D eigenvalue weighted by molar-refractivity contribution is 9.10. The fraction of sp³-hybridized carbons (Fsp3) is 0.278. The van der Waals surface area contributed by atoms with E-state index >= 15 is 0 Å². The summed E-state index contributed by atoms with van der Waals surface area (Å²) in [6.07, 6.45) is 2.17. The van der Waals surface area contributed by atoms with E-state index in [4.69, 9.17) is 0 Å². The maximum absolute atomic E-state index is 11.9. The first kappa shape index (κ1) is 15.8. The van der Waals surface area contributed by atoms with Gasteiger partial charge in [-0.2, -0.15) is 0 Å². The lowest BCUT2D eigenvalue weighted by molar-refractivity contribution is -0.118. The second-order valence-corrected chi connectivity index (χ2v) is 8.45. The van der Waals surface area contributed by atoms with Gasteiger partial charge >= 0.3 is 0 Å². The topological polar surface area (TPSA) is 66.4 Å². The Bertz CT molecular complexity index is 867. The maximum atomic E-state index is 11.9. The molecule has 6 heteroatoms. The first-order chi connectivity index (χ1) is 11.5. The van der Waals surface area contributed by atoms with Crippen molar-refractivity contribution in [1.82, 2.24) is 4.72 Å². The van der Waals surface area contributed by atoms with Crippen molar-refractivity contribution in [3.05, 3.63) is 63.1 Å². The molecule has 0 bridgehead atoms. The van der Waals surface area contributed by atoms with Gasteiger partial charge in [-0.15, -0.1) is 0 Å². The van der Waals surface area contributed by atoms with Crippen molar-refractivity contribution in [1.29, 1.82) is 0 Å². The minimum atomic E-state index is -1.47. The van der Waals surface area contributed by atoms with Gasteiger partial charge in [0.05, 0.1) is 5.25 Å². The molecule has 4 rings (SSSR count). The molecule has 1 fully saturated rings. The Morgan fingerprint density at radius 2 is 2.04 bits per heavy atom. The van der Waals surface area contributed by atoms with E-state index in [-0.39, 0.29) is 24.0 Å². The third kappa shape index (κ3) is 2.58. The smallest absolute Gasteiger partial charge is 0.233 e. The van der Waals surface area contributed by atoms with Crippen LogP contribution in [-0.4, -0.2) is 15.2 Å². The van der Waals surface area contributed by atoms with Crippen molar-refractivity contribution in [3.8, 4) is 5.75 Å². The van der Waals surface area contributed by atoms with E-state index in [0.29, 0.717) is 5.56 Å². The number of hydrogen-bond acceptors (Lipinski definition) is 3. The minimum Gasteiger partial charge on any atom is -0.508 e. The van der Waals surface area contributed by atoms with Gasteiger partial charge in [0.15, 0.2) is 0 Å². The van der Waals surface area contributed by atoms with E-state index < -0.39 is 16.2 Å². The lowest BCUT2D eigenvalue weighted by Crippen LogP contribution is -2.15. The summed E-state index contributed by atoms with van der Waals surface area (Å²) in [6, 6.07) is 11.8. The number of nitrogens with one attached hydrogen (secondary N) is 1. The largest absolute Gasteiger partial charge is 0.508 e. The highest BCUT2D eigenvalue weighted by Gasteiger charge is 2.33. The molecule has 0 aromatic heterocycles. The van der Waals surface area contributed by atoms with E-state index in [2.05, 4.69) is 32.8 Å². The number of halogens is 1. The summed E-state index contributed by atoms with van der Waals surface area (Å²) < 4.78 is 15.5. The van der Waals surface area contributed by atoms with E-state index in [9.17, 15) is 14.1 Å². The maximum Gasteiger partial charge on any atom is 0.233 e. The Hall–Kier alpha value is -1.66. The molecule has 3 atom stereocenters. The fourth-order valence-electron chi connectivity index (χ4n) is 3.70. The van der Waals surface area contributed by atoms with Gasteiger partial charge in [-0.1, -0.05) is 40.2 Å². The highest BCUT2D eigenvalue weighted by Crippen LogP contribution is 2.43. The average molecular weight is 406 g/mol. The van der Waals surface area contributed by atoms with Gasteiger partial charge in [0.1, 0.15) is 16.7 Å². The van der Waals surface area contributed by atoms with Crippen LogP contribution in [0.4, 0.5) is 0 Å². The van der Waals surface area contributed by atoms with Crippen LogP contribution in [0.5, 0.6) is 5.75 Å². The summed E-state index contributed by atoms with van der Waals surface area (Å²) in [7, 11) is -1.47. The second-order valence-electron chi connectivity index (χ2n) is 6.23. The normalized spacial score (nSPS) is 25.5. The third-order valence-electron chi connectivity index (χ3n) is 4.86. The van der Waals surface area contributed by atoms with Gasteiger partial charge in [0, 0.05) is 22.4 Å². The van der Waals surface area contributed by atoms with Crippen LogP contribution in [0.2, 0.25) is 0 Å². The zero-order chi connectivity index (χ0) is 16.8. The van der Waals surface area contributed by atoms with Gasteiger partial charge in [0.25, 0.3) is 0 Å². The molecule has 1 heterocycles. The standard InChI is InChI=1S/C18H16BrNO3S/c19-15-3-1-2-12-11(6-7-13(12)15)10-4-5-14(16(21)8-10)17-9-18(22)20-24(17)23/h1-5,8,11,17,21H,6-7,9H2,(H,20,22)/t11-,17?,24?/m1/s1. The third-order valence-corrected chi connectivity index (χ3v) is 6.97. The molecule has 0 spiro atoms. The Labute approximate surface area is 151 Å². The quantitative estimate of drug-likeness (QED) is 0.803. The molecule has 1 aliphatic heterocycles. The molecule has 1 amide bonds. The van der Waals surface area contributed by atoms with Crippen LogP contribution in [0, 0.1) is 0 Å². The molecule has 0 radical (unpaired) electrons.